The molecule has 4 rings (SSSR count). The molecule has 0 aromatic carbocycles. The number of nitrogens with zero attached hydrogens (tertiary/aromatic N) is 5. The highest BCUT2D eigenvalue weighted by molar-refractivity contribution is 5.40. The van der Waals surface area contributed by atoms with Crippen LogP contribution in [0.3, 0.4) is 0 Å². The van der Waals surface area contributed by atoms with Crippen molar-refractivity contribution < 1.29 is 4.74 Å². The lowest BCUT2D eigenvalue weighted by Crippen LogP contribution is -2.30. The van der Waals surface area contributed by atoms with E-state index < -0.39 is 0 Å². The van der Waals surface area contributed by atoms with Gasteiger partial charge in [0, 0.05) is 25.8 Å². The molecule has 8 heteroatoms. The van der Waals surface area contributed by atoms with Crippen molar-refractivity contribution in [1.82, 2.24) is 24.7 Å². The van der Waals surface area contributed by atoms with Crippen LogP contribution in [0.4, 0.5) is 11.8 Å². The van der Waals surface area contributed by atoms with E-state index in [4.69, 9.17) is 4.74 Å². The first-order valence-electron chi connectivity index (χ1n) is 8.20. The van der Waals surface area contributed by atoms with Crippen molar-refractivity contribution in [3.8, 4) is 0 Å². The van der Waals surface area contributed by atoms with Crippen molar-refractivity contribution in [3.63, 3.8) is 0 Å². The maximum Gasteiger partial charge on any atom is 0.224 e. The van der Waals surface area contributed by atoms with Gasteiger partial charge in [-0.1, -0.05) is 0 Å². The number of anilines is 2. The lowest BCUT2D eigenvalue weighted by Gasteiger charge is -2.23. The number of aromatic nitrogens is 5. The molecule has 8 nitrogen and oxygen atoms in total. The lowest BCUT2D eigenvalue weighted by atomic mass is 10.1. The monoisotopic (exact) mass is 315 g/mol. The minimum Gasteiger partial charge on any atom is -0.379 e. The summed E-state index contributed by atoms with van der Waals surface area (Å²) in [6.45, 7) is 3.18. The maximum absolute atomic E-state index is 5.48. The third-order valence-corrected chi connectivity index (χ3v) is 4.26. The van der Waals surface area contributed by atoms with Crippen LogP contribution in [0.1, 0.15) is 30.9 Å². The first-order chi connectivity index (χ1) is 11.4. The van der Waals surface area contributed by atoms with Crippen LogP contribution in [-0.2, 0) is 24.2 Å². The third-order valence-electron chi connectivity index (χ3n) is 4.26. The van der Waals surface area contributed by atoms with E-state index in [2.05, 4.69) is 35.4 Å². The average molecular weight is 315 g/mol. The summed E-state index contributed by atoms with van der Waals surface area (Å²) >= 11 is 0. The van der Waals surface area contributed by atoms with Crippen LogP contribution >= 0.6 is 0 Å². The highest BCUT2D eigenvalue weighted by Crippen LogP contribution is 2.16. The quantitative estimate of drug-likeness (QED) is 0.857. The molecule has 0 radical (unpaired) electrons. The summed E-state index contributed by atoms with van der Waals surface area (Å²) in [5.41, 5.74) is 0. The van der Waals surface area contributed by atoms with Gasteiger partial charge in [0.1, 0.15) is 11.6 Å². The van der Waals surface area contributed by atoms with Gasteiger partial charge in [-0.3, -0.25) is 0 Å². The van der Waals surface area contributed by atoms with E-state index >= 15 is 0 Å². The maximum atomic E-state index is 5.48. The molecule has 1 atom stereocenters. The fourth-order valence-electron chi connectivity index (χ4n) is 3.09. The SMILES string of the molecule is c1cc(NC2CCCOC2)nc(NCc2nnc3n2CCC3)n1. The van der Waals surface area contributed by atoms with Gasteiger partial charge in [0.2, 0.25) is 5.95 Å². The van der Waals surface area contributed by atoms with Crippen molar-refractivity contribution in [2.45, 2.75) is 44.8 Å². The number of hydrogen-bond donors (Lipinski definition) is 2. The Kier molecular flexibility index (Phi) is 4.06. The molecule has 0 aliphatic carbocycles. The van der Waals surface area contributed by atoms with Gasteiger partial charge in [-0.15, -0.1) is 10.2 Å². The molecule has 0 spiro atoms. The fourth-order valence-corrected chi connectivity index (χ4v) is 3.09. The summed E-state index contributed by atoms with van der Waals surface area (Å²) in [7, 11) is 0. The second-order valence-corrected chi connectivity index (χ2v) is 5.97. The normalized spacial score (nSPS) is 20.3. The first-order valence-corrected chi connectivity index (χ1v) is 8.20. The summed E-state index contributed by atoms with van der Waals surface area (Å²) in [4.78, 5) is 8.79. The smallest absolute Gasteiger partial charge is 0.224 e. The van der Waals surface area contributed by atoms with Gasteiger partial charge in [-0.05, 0) is 25.3 Å². The van der Waals surface area contributed by atoms with Crippen LogP contribution in [0.2, 0.25) is 0 Å². The van der Waals surface area contributed by atoms with E-state index in [0.29, 0.717) is 18.5 Å². The number of aryl methyl sites for hydroxylation is 1. The molecule has 2 aliphatic heterocycles. The molecule has 4 heterocycles. The van der Waals surface area contributed by atoms with Crippen LogP contribution in [0, 0.1) is 0 Å². The van der Waals surface area contributed by atoms with Gasteiger partial charge >= 0.3 is 0 Å². The second-order valence-electron chi connectivity index (χ2n) is 5.97. The highest BCUT2D eigenvalue weighted by Gasteiger charge is 2.17. The molecular formula is C15H21N7O. The third kappa shape index (κ3) is 3.26. The Morgan fingerprint density at radius 3 is 3.22 bits per heavy atom. The van der Waals surface area contributed by atoms with Crippen LogP contribution in [0.15, 0.2) is 12.3 Å². The molecule has 1 unspecified atom stereocenters. The summed E-state index contributed by atoms with van der Waals surface area (Å²) in [6, 6.07) is 2.21. The summed E-state index contributed by atoms with van der Waals surface area (Å²) in [5.74, 6) is 3.45. The first kappa shape index (κ1) is 14.4. The molecule has 2 N–H and O–H groups in total. The number of fused-ring (bicyclic) bond motifs is 1. The van der Waals surface area contributed by atoms with Gasteiger partial charge in [0.05, 0.1) is 19.2 Å². The largest absolute Gasteiger partial charge is 0.379 e. The van der Waals surface area contributed by atoms with Crippen LogP contribution in [0.25, 0.3) is 0 Å². The number of hydrogen-bond acceptors (Lipinski definition) is 7. The Bertz CT molecular complexity index is 666. The van der Waals surface area contributed by atoms with Crippen LogP contribution < -0.4 is 10.6 Å². The van der Waals surface area contributed by atoms with Crippen molar-refractivity contribution in [1.29, 1.82) is 0 Å². The van der Waals surface area contributed by atoms with E-state index in [1.54, 1.807) is 6.20 Å². The molecule has 0 amide bonds. The molecular weight excluding hydrogens is 294 g/mol. The van der Waals surface area contributed by atoms with Crippen LogP contribution in [0.5, 0.6) is 0 Å². The average Bonchev–Trinajstić information content (AvgIpc) is 3.18. The zero-order valence-electron chi connectivity index (χ0n) is 13.0. The van der Waals surface area contributed by atoms with E-state index in [-0.39, 0.29) is 0 Å². The van der Waals surface area contributed by atoms with Gasteiger partial charge < -0.3 is 19.9 Å². The summed E-state index contributed by atoms with van der Waals surface area (Å²) in [6.07, 6.45) is 6.13. The van der Waals surface area contributed by atoms with Crippen molar-refractivity contribution in [2.24, 2.45) is 0 Å². The molecule has 2 aliphatic rings. The Balaban J connectivity index is 1.38. The highest BCUT2D eigenvalue weighted by atomic mass is 16.5. The minimum absolute atomic E-state index is 0.325. The van der Waals surface area contributed by atoms with Crippen molar-refractivity contribution in [2.75, 3.05) is 23.8 Å². The Hall–Kier alpha value is -2.22. The molecule has 0 saturated carbocycles. The topological polar surface area (TPSA) is 89.8 Å². The Morgan fingerprint density at radius 1 is 1.30 bits per heavy atom. The minimum atomic E-state index is 0.325. The zero-order chi connectivity index (χ0) is 15.5. The zero-order valence-corrected chi connectivity index (χ0v) is 13.0. The van der Waals surface area contributed by atoms with Crippen LogP contribution in [-0.4, -0.2) is 44.0 Å². The van der Waals surface area contributed by atoms with E-state index in [1.165, 1.54) is 0 Å². The Morgan fingerprint density at radius 2 is 2.30 bits per heavy atom. The lowest BCUT2D eigenvalue weighted by molar-refractivity contribution is 0.0875. The molecule has 23 heavy (non-hydrogen) atoms. The van der Waals surface area contributed by atoms with E-state index in [1.807, 2.05) is 6.07 Å². The standard InChI is InChI=1S/C15H21N7O/c1-4-13-20-21-14(22(13)7-1)9-17-15-16-6-5-12(19-15)18-11-3-2-8-23-10-11/h5-6,11H,1-4,7-10H2,(H2,16,17,18,19). The van der Waals surface area contributed by atoms with Gasteiger partial charge in [-0.25, -0.2) is 4.98 Å². The number of ether oxygens (including phenoxy) is 1. The van der Waals surface area contributed by atoms with E-state index in [0.717, 1.165) is 62.9 Å². The van der Waals surface area contributed by atoms with Crippen molar-refractivity contribution in [3.05, 3.63) is 23.9 Å². The predicted molar refractivity (Wildman–Crippen MR) is 85.2 cm³/mol. The summed E-state index contributed by atoms with van der Waals surface area (Å²) < 4.78 is 7.66. The van der Waals surface area contributed by atoms with Gasteiger partial charge in [-0.2, -0.15) is 4.98 Å². The molecule has 2 aromatic heterocycles. The number of rotatable bonds is 5. The summed E-state index contributed by atoms with van der Waals surface area (Å²) in [5, 5.41) is 15.1. The second kappa shape index (κ2) is 6.49. The van der Waals surface area contributed by atoms with E-state index in [9.17, 15) is 0 Å². The molecule has 1 saturated heterocycles. The number of nitrogens with one attached hydrogen (secondary N) is 2. The van der Waals surface area contributed by atoms with Gasteiger partial charge in [0.25, 0.3) is 0 Å². The Labute approximate surface area is 134 Å². The van der Waals surface area contributed by atoms with Gasteiger partial charge in [0.15, 0.2) is 5.82 Å². The molecule has 1 fully saturated rings. The predicted octanol–water partition coefficient (Wildman–Crippen LogP) is 1.22. The molecule has 2 aromatic rings. The molecule has 0 bridgehead atoms. The van der Waals surface area contributed by atoms with Crippen molar-refractivity contribution >= 4 is 11.8 Å². The fraction of sp³-hybridized carbons (Fsp3) is 0.600. The molecule has 122 valence electrons.